The van der Waals surface area contributed by atoms with Gasteiger partial charge in [-0.05, 0) is 38.1 Å². The van der Waals surface area contributed by atoms with E-state index >= 15 is 0 Å². The summed E-state index contributed by atoms with van der Waals surface area (Å²) in [6.45, 7) is 6.61. The lowest BCUT2D eigenvalue weighted by Gasteiger charge is -2.07. The third kappa shape index (κ3) is 4.69. The summed E-state index contributed by atoms with van der Waals surface area (Å²) in [6.07, 6.45) is 0. The van der Waals surface area contributed by atoms with Crippen LogP contribution in [0, 0.1) is 6.92 Å². The van der Waals surface area contributed by atoms with Crippen molar-refractivity contribution in [3.8, 4) is 0 Å². The number of benzene rings is 1. The molecule has 0 spiro atoms. The van der Waals surface area contributed by atoms with E-state index in [0.717, 1.165) is 0 Å². The molecular weight excluding hydrogens is 158 g/mol. The summed E-state index contributed by atoms with van der Waals surface area (Å²) >= 11 is 0. The average Bonchev–Trinajstić information content (AvgIpc) is 2.06. The third-order valence-corrected chi connectivity index (χ3v) is 1.81. The highest BCUT2D eigenvalue weighted by Crippen LogP contribution is 2.17. The Balaban J connectivity index is 0.000000424. The van der Waals surface area contributed by atoms with Gasteiger partial charge in [0.2, 0.25) is 0 Å². The minimum Gasteiger partial charge on any atom is -0.323 e. The molecule has 1 aromatic rings. The molecule has 0 amide bonds. The van der Waals surface area contributed by atoms with E-state index in [9.17, 15) is 0 Å². The summed E-state index contributed by atoms with van der Waals surface area (Å²) in [5.41, 5.74) is 2.86. The molecule has 13 heavy (non-hydrogen) atoms. The molecule has 0 unspecified atom stereocenters. The molecule has 0 aliphatic carbocycles. The Morgan fingerprint density at radius 2 is 1.54 bits per heavy atom. The van der Waals surface area contributed by atoms with Crippen molar-refractivity contribution in [1.29, 1.82) is 0 Å². The highest BCUT2D eigenvalue weighted by molar-refractivity contribution is 5.27. The Kier molecular flexibility index (Phi) is 6.25. The van der Waals surface area contributed by atoms with Gasteiger partial charge in [-0.2, -0.15) is 0 Å². The predicted molar refractivity (Wildman–Crippen MR) is 60.3 cm³/mol. The number of hydrogen-bond acceptors (Lipinski definition) is 1. The van der Waals surface area contributed by atoms with Gasteiger partial charge in [-0.15, -0.1) is 0 Å². The van der Waals surface area contributed by atoms with Crippen molar-refractivity contribution in [2.45, 2.75) is 26.7 Å². The van der Waals surface area contributed by atoms with Crippen molar-refractivity contribution in [2.75, 3.05) is 14.1 Å². The van der Waals surface area contributed by atoms with E-state index in [1.807, 2.05) is 14.1 Å². The minimum absolute atomic E-state index is 0.654. The van der Waals surface area contributed by atoms with Gasteiger partial charge in [0.15, 0.2) is 0 Å². The van der Waals surface area contributed by atoms with Crippen molar-refractivity contribution in [3.63, 3.8) is 0 Å². The van der Waals surface area contributed by atoms with Crippen LogP contribution in [0.15, 0.2) is 24.3 Å². The number of rotatable bonds is 1. The highest BCUT2D eigenvalue weighted by Gasteiger charge is 1.99. The molecule has 74 valence electrons. The van der Waals surface area contributed by atoms with Crippen LogP contribution in [0.5, 0.6) is 0 Å². The Bertz CT molecular complexity index is 228. The van der Waals surface area contributed by atoms with Crippen molar-refractivity contribution in [1.82, 2.24) is 5.32 Å². The van der Waals surface area contributed by atoms with E-state index in [2.05, 4.69) is 50.4 Å². The SMILES string of the molecule is CNC.Cc1ccccc1C(C)C. The lowest BCUT2D eigenvalue weighted by Crippen LogP contribution is -1.89. The predicted octanol–water partition coefficient (Wildman–Crippen LogP) is 2.95. The average molecular weight is 179 g/mol. The summed E-state index contributed by atoms with van der Waals surface area (Å²) in [4.78, 5) is 0. The van der Waals surface area contributed by atoms with Crippen molar-refractivity contribution in [3.05, 3.63) is 35.4 Å². The first-order valence-electron chi connectivity index (χ1n) is 4.77. The highest BCUT2D eigenvalue weighted by atomic mass is 14.7. The molecule has 1 heteroatoms. The van der Waals surface area contributed by atoms with E-state index in [-0.39, 0.29) is 0 Å². The van der Waals surface area contributed by atoms with Crippen molar-refractivity contribution < 1.29 is 0 Å². The maximum Gasteiger partial charge on any atom is -0.0167 e. The smallest absolute Gasteiger partial charge is 0.0167 e. The van der Waals surface area contributed by atoms with Crippen LogP contribution in [0.2, 0.25) is 0 Å². The molecule has 0 radical (unpaired) electrons. The summed E-state index contributed by atoms with van der Waals surface area (Å²) in [5.74, 6) is 0.654. The van der Waals surface area contributed by atoms with E-state index < -0.39 is 0 Å². The molecule has 0 heterocycles. The van der Waals surface area contributed by atoms with Crippen LogP contribution in [0.3, 0.4) is 0 Å². The van der Waals surface area contributed by atoms with E-state index in [1.54, 1.807) is 0 Å². The van der Waals surface area contributed by atoms with Crippen LogP contribution in [0.1, 0.15) is 30.9 Å². The van der Waals surface area contributed by atoms with Gasteiger partial charge in [-0.3, -0.25) is 0 Å². The van der Waals surface area contributed by atoms with Crippen LogP contribution in [0.25, 0.3) is 0 Å². The topological polar surface area (TPSA) is 12.0 Å². The summed E-state index contributed by atoms with van der Waals surface area (Å²) < 4.78 is 0. The molecule has 0 atom stereocenters. The Hall–Kier alpha value is -0.820. The van der Waals surface area contributed by atoms with Gasteiger partial charge in [-0.25, -0.2) is 0 Å². The van der Waals surface area contributed by atoms with E-state index in [4.69, 9.17) is 0 Å². The summed E-state index contributed by atoms with van der Waals surface area (Å²) in [6, 6.07) is 8.54. The monoisotopic (exact) mass is 179 g/mol. The molecule has 0 aliphatic rings. The number of nitrogens with one attached hydrogen (secondary N) is 1. The van der Waals surface area contributed by atoms with Gasteiger partial charge in [0, 0.05) is 0 Å². The maximum absolute atomic E-state index is 2.75. The fourth-order valence-corrected chi connectivity index (χ4v) is 1.23. The summed E-state index contributed by atoms with van der Waals surface area (Å²) in [5, 5.41) is 2.75. The van der Waals surface area contributed by atoms with Crippen LogP contribution < -0.4 is 5.32 Å². The van der Waals surface area contributed by atoms with Gasteiger partial charge in [-0.1, -0.05) is 38.1 Å². The standard InChI is InChI=1S/C10H14.C2H7N/c1-8(2)10-7-5-4-6-9(10)3;1-3-2/h4-8H,1-3H3;3H,1-2H3. The zero-order valence-electron chi connectivity index (χ0n) is 9.39. The molecule has 0 fully saturated rings. The van der Waals surface area contributed by atoms with Crippen LogP contribution in [0.4, 0.5) is 0 Å². The van der Waals surface area contributed by atoms with E-state index in [0.29, 0.717) is 5.92 Å². The fourth-order valence-electron chi connectivity index (χ4n) is 1.23. The quantitative estimate of drug-likeness (QED) is 0.699. The van der Waals surface area contributed by atoms with Gasteiger partial charge in [0.05, 0.1) is 0 Å². The van der Waals surface area contributed by atoms with Gasteiger partial charge >= 0.3 is 0 Å². The first-order valence-corrected chi connectivity index (χ1v) is 4.77. The van der Waals surface area contributed by atoms with Crippen LogP contribution in [-0.2, 0) is 0 Å². The van der Waals surface area contributed by atoms with Gasteiger partial charge in [0.25, 0.3) is 0 Å². The first-order chi connectivity index (χ1) is 6.13. The molecule has 0 aliphatic heterocycles. The van der Waals surface area contributed by atoms with Crippen LogP contribution >= 0.6 is 0 Å². The normalized spacial score (nSPS) is 9.38. The zero-order valence-corrected chi connectivity index (χ0v) is 9.39. The maximum atomic E-state index is 2.75. The van der Waals surface area contributed by atoms with E-state index in [1.165, 1.54) is 11.1 Å². The molecule has 0 saturated carbocycles. The van der Waals surface area contributed by atoms with Gasteiger partial charge in [0.1, 0.15) is 0 Å². The lowest BCUT2D eigenvalue weighted by atomic mass is 9.99. The fraction of sp³-hybridized carbons (Fsp3) is 0.500. The zero-order chi connectivity index (χ0) is 10.3. The second-order valence-electron chi connectivity index (χ2n) is 3.51. The Morgan fingerprint density at radius 1 is 1.08 bits per heavy atom. The van der Waals surface area contributed by atoms with Crippen LogP contribution in [-0.4, -0.2) is 14.1 Å². The van der Waals surface area contributed by atoms with Crippen molar-refractivity contribution >= 4 is 0 Å². The molecule has 0 bridgehead atoms. The minimum atomic E-state index is 0.654. The molecule has 0 saturated heterocycles. The summed E-state index contributed by atoms with van der Waals surface area (Å²) in [7, 11) is 3.75. The Morgan fingerprint density at radius 3 is 1.85 bits per heavy atom. The molecular formula is C12H21N. The third-order valence-electron chi connectivity index (χ3n) is 1.81. The number of hydrogen-bond donors (Lipinski definition) is 1. The Labute approximate surface area is 82.2 Å². The first kappa shape index (κ1) is 12.2. The molecule has 0 aromatic heterocycles. The lowest BCUT2D eigenvalue weighted by molar-refractivity contribution is 0.856. The van der Waals surface area contributed by atoms with Gasteiger partial charge < -0.3 is 5.32 Å². The van der Waals surface area contributed by atoms with Crippen molar-refractivity contribution in [2.24, 2.45) is 0 Å². The largest absolute Gasteiger partial charge is 0.323 e. The second kappa shape index (κ2) is 6.67. The molecule has 1 rings (SSSR count). The molecule has 1 nitrogen and oxygen atoms in total. The molecule has 1 aromatic carbocycles. The molecule has 1 N–H and O–H groups in total. The number of aryl methyl sites for hydroxylation is 1. The second-order valence-corrected chi connectivity index (χ2v) is 3.51.